The van der Waals surface area contributed by atoms with E-state index in [1.165, 1.54) is 14.2 Å². The number of rotatable bonds is 9. The van der Waals surface area contributed by atoms with E-state index in [-0.39, 0.29) is 29.6 Å². The normalized spacial score (nSPS) is 14.1. The fourth-order valence-corrected chi connectivity index (χ4v) is 4.96. The number of nitrogens with zero attached hydrogens (tertiary/aromatic N) is 1. The van der Waals surface area contributed by atoms with E-state index in [1.807, 2.05) is 0 Å². The highest BCUT2D eigenvalue weighted by molar-refractivity contribution is 9.10. The van der Waals surface area contributed by atoms with Gasteiger partial charge in [0.15, 0.2) is 11.5 Å². The summed E-state index contributed by atoms with van der Waals surface area (Å²) in [6, 6.07) is 16.6. The zero-order valence-corrected chi connectivity index (χ0v) is 23.4. The minimum absolute atomic E-state index is 0.0951. The quantitative estimate of drug-likeness (QED) is 0.153. The minimum Gasteiger partial charge on any atom is -0.497 e. The van der Waals surface area contributed by atoms with Gasteiger partial charge in [-0.2, -0.15) is 0 Å². The average Bonchev–Trinajstić information content (AvgIpc) is 3.18. The van der Waals surface area contributed by atoms with Crippen molar-refractivity contribution in [2.24, 2.45) is 0 Å². The molecule has 0 N–H and O–H groups in total. The van der Waals surface area contributed by atoms with Crippen molar-refractivity contribution in [1.29, 1.82) is 0 Å². The van der Waals surface area contributed by atoms with Crippen LogP contribution < -0.4 is 18.9 Å². The molecule has 8 nitrogen and oxygen atoms in total. The number of esters is 1. The number of amides is 2. The van der Waals surface area contributed by atoms with Crippen LogP contribution >= 0.6 is 39.3 Å². The van der Waals surface area contributed by atoms with E-state index in [9.17, 15) is 14.4 Å². The van der Waals surface area contributed by atoms with Gasteiger partial charge in [-0.15, -0.1) is 0 Å². The Morgan fingerprint density at radius 1 is 1.00 bits per heavy atom. The number of methoxy groups -OCH3 is 2. The Morgan fingerprint density at radius 3 is 2.34 bits per heavy atom. The molecule has 3 aromatic carbocycles. The van der Waals surface area contributed by atoms with Crippen LogP contribution in [-0.4, -0.2) is 49.4 Å². The maximum Gasteiger partial charge on any atom is 0.343 e. The van der Waals surface area contributed by atoms with Gasteiger partial charge in [0.05, 0.1) is 35.7 Å². The Balaban J connectivity index is 1.45. The molecule has 38 heavy (non-hydrogen) atoms. The molecule has 2 amide bonds. The summed E-state index contributed by atoms with van der Waals surface area (Å²) < 4.78 is 22.1. The molecular weight excluding hydrogens is 598 g/mol. The first kappa shape index (κ1) is 27.6. The molecule has 0 aliphatic carbocycles. The van der Waals surface area contributed by atoms with Gasteiger partial charge in [-0.1, -0.05) is 11.6 Å². The molecule has 1 aliphatic rings. The van der Waals surface area contributed by atoms with Gasteiger partial charge in [0.2, 0.25) is 0 Å². The first-order valence-corrected chi connectivity index (χ1v) is 13.2. The molecule has 0 saturated carbocycles. The minimum atomic E-state index is -0.582. The van der Waals surface area contributed by atoms with Crippen LogP contribution in [0, 0.1) is 0 Å². The second kappa shape index (κ2) is 12.4. The van der Waals surface area contributed by atoms with Crippen molar-refractivity contribution in [3.8, 4) is 23.0 Å². The SMILES string of the molecule is COc1ccc(C(=O)Oc2c(Br)cc(/C=C3\SC(=O)N(CCOc4ccc(Cl)cc4)C3=O)cc2OC)cc1. The largest absolute Gasteiger partial charge is 0.497 e. The highest BCUT2D eigenvalue weighted by Gasteiger charge is 2.35. The highest BCUT2D eigenvalue weighted by atomic mass is 79.9. The van der Waals surface area contributed by atoms with E-state index in [2.05, 4.69) is 15.9 Å². The number of imide groups is 1. The lowest BCUT2D eigenvalue weighted by Crippen LogP contribution is -2.32. The molecule has 0 spiro atoms. The van der Waals surface area contributed by atoms with E-state index in [4.69, 9.17) is 30.5 Å². The van der Waals surface area contributed by atoms with Crippen molar-refractivity contribution >= 4 is 62.5 Å². The number of hydrogen-bond acceptors (Lipinski definition) is 8. The van der Waals surface area contributed by atoms with Crippen LogP contribution in [0.5, 0.6) is 23.0 Å². The molecule has 0 atom stereocenters. The summed E-state index contributed by atoms with van der Waals surface area (Å²) in [5, 5.41) is 0.192. The Labute approximate surface area is 236 Å². The smallest absolute Gasteiger partial charge is 0.343 e. The van der Waals surface area contributed by atoms with Crippen molar-refractivity contribution in [2.45, 2.75) is 0 Å². The van der Waals surface area contributed by atoms with Crippen molar-refractivity contribution in [3.63, 3.8) is 0 Å². The first-order chi connectivity index (χ1) is 18.3. The number of carbonyl (C=O) groups is 3. The van der Waals surface area contributed by atoms with Crippen LogP contribution in [0.1, 0.15) is 15.9 Å². The Morgan fingerprint density at radius 2 is 1.68 bits per heavy atom. The fourth-order valence-electron chi connectivity index (χ4n) is 3.43. The van der Waals surface area contributed by atoms with Crippen molar-refractivity contribution in [2.75, 3.05) is 27.4 Å². The van der Waals surface area contributed by atoms with E-state index in [0.29, 0.717) is 32.1 Å². The van der Waals surface area contributed by atoms with Gasteiger partial charge in [-0.05, 0) is 100.0 Å². The Kier molecular flexibility index (Phi) is 8.98. The van der Waals surface area contributed by atoms with Gasteiger partial charge < -0.3 is 18.9 Å². The number of halogens is 2. The molecule has 3 aromatic rings. The molecule has 11 heteroatoms. The lowest BCUT2D eigenvalue weighted by atomic mass is 10.1. The van der Waals surface area contributed by atoms with Gasteiger partial charge in [0, 0.05) is 5.02 Å². The van der Waals surface area contributed by atoms with Crippen LogP contribution in [-0.2, 0) is 4.79 Å². The van der Waals surface area contributed by atoms with Gasteiger partial charge in [-0.25, -0.2) is 4.79 Å². The van der Waals surface area contributed by atoms with Crippen LogP contribution in [0.4, 0.5) is 4.79 Å². The monoisotopic (exact) mass is 617 g/mol. The fraction of sp³-hybridized carbons (Fsp3) is 0.148. The van der Waals surface area contributed by atoms with Crippen LogP contribution in [0.3, 0.4) is 0 Å². The maximum absolute atomic E-state index is 12.9. The van der Waals surface area contributed by atoms with Gasteiger partial charge >= 0.3 is 5.97 Å². The van der Waals surface area contributed by atoms with Crippen LogP contribution in [0.15, 0.2) is 70.0 Å². The summed E-state index contributed by atoms with van der Waals surface area (Å²) >= 11 is 10.1. The molecule has 1 aliphatic heterocycles. The third-order valence-corrected chi connectivity index (χ3v) is 7.09. The molecule has 196 valence electrons. The van der Waals surface area contributed by atoms with Crippen molar-refractivity contribution < 1.29 is 33.3 Å². The number of hydrogen-bond donors (Lipinski definition) is 0. The van der Waals surface area contributed by atoms with E-state index in [0.717, 1.165) is 16.7 Å². The zero-order chi connectivity index (χ0) is 27.2. The first-order valence-electron chi connectivity index (χ1n) is 11.2. The summed E-state index contributed by atoms with van der Waals surface area (Å²) in [4.78, 5) is 39.4. The van der Waals surface area contributed by atoms with Gasteiger partial charge in [0.1, 0.15) is 18.1 Å². The standard InChI is InChI=1S/C27H21BrClNO7S/c1-34-19-7-3-17(4-8-19)26(32)37-24-21(28)13-16(14-22(24)35-2)15-23-25(31)30(27(33)38-23)11-12-36-20-9-5-18(29)6-10-20/h3-10,13-15H,11-12H2,1-2H3/b23-15-. The second-order valence-electron chi connectivity index (χ2n) is 7.79. The number of carbonyl (C=O) groups excluding carboxylic acids is 3. The van der Waals surface area contributed by atoms with Crippen molar-refractivity contribution in [3.05, 3.63) is 86.2 Å². The average molecular weight is 619 g/mol. The van der Waals surface area contributed by atoms with Gasteiger partial charge in [-0.3, -0.25) is 14.5 Å². The molecule has 1 saturated heterocycles. The molecule has 0 radical (unpaired) electrons. The van der Waals surface area contributed by atoms with Gasteiger partial charge in [0.25, 0.3) is 11.1 Å². The molecule has 0 bridgehead atoms. The summed E-state index contributed by atoms with van der Waals surface area (Å²) in [5.41, 5.74) is 0.901. The maximum atomic E-state index is 12.9. The third kappa shape index (κ3) is 6.50. The zero-order valence-electron chi connectivity index (χ0n) is 20.2. The summed E-state index contributed by atoms with van der Waals surface area (Å²) in [6.07, 6.45) is 1.58. The molecule has 0 aromatic heterocycles. The molecule has 4 rings (SSSR count). The topological polar surface area (TPSA) is 91.4 Å². The summed E-state index contributed by atoms with van der Waals surface area (Å²) in [6.45, 7) is 0.235. The third-order valence-electron chi connectivity index (χ3n) is 5.34. The summed E-state index contributed by atoms with van der Waals surface area (Å²) in [7, 11) is 2.97. The number of ether oxygens (including phenoxy) is 4. The molecule has 0 unspecified atom stereocenters. The van der Waals surface area contributed by atoms with Crippen LogP contribution in [0.2, 0.25) is 5.02 Å². The lowest BCUT2D eigenvalue weighted by Gasteiger charge is -2.13. The van der Waals surface area contributed by atoms with E-state index >= 15 is 0 Å². The molecular formula is C27H21BrClNO7S. The predicted molar refractivity (Wildman–Crippen MR) is 148 cm³/mol. The highest BCUT2D eigenvalue weighted by Crippen LogP contribution is 2.39. The molecule has 1 fully saturated rings. The lowest BCUT2D eigenvalue weighted by molar-refractivity contribution is -0.123. The van der Waals surface area contributed by atoms with E-state index in [1.54, 1.807) is 66.7 Å². The Bertz CT molecular complexity index is 1390. The second-order valence-corrected chi connectivity index (χ2v) is 10.1. The molecule has 1 heterocycles. The van der Waals surface area contributed by atoms with Crippen LogP contribution in [0.25, 0.3) is 6.08 Å². The Hall–Kier alpha value is -3.47. The number of thioether (sulfide) groups is 1. The number of benzene rings is 3. The van der Waals surface area contributed by atoms with Crippen molar-refractivity contribution in [1.82, 2.24) is 4.90 Å². The summed E-state index contributed by atoms with van der Waals surface area (Å²) in [5.74, 6) is 0.636. The predicted octanol–water partition coefficient (Wildman–Crippen LogP) is 6.45. The van der Waals surface area contributed by atoms with E-state index < -0.39 is 17.1 Å².